The van der Waals surface area contributed by atoms with Gasteiger partial charge in [-0.2, -0.15) is 4.98 Å². The van der Waals surface area contributed by atoms with Crippen LogP contribution in [0.1, 0.15) is 27.7 Å². The third-order valence-corrected chi connectivity index (χ3v) is 5.86. The molecule has 1 aromatic heterocycles. The SMILES string of the molecule is C=CCSc1ccn(CCOCP(=O)(OCOC(=O)OC(C)C)OCOC(=O)OC(C)C)c(=O)n1. The van der Waals surface area contributed by atoms with E-state index in [9.17, 15) is 18.9 Å². The molecule has 0 aromatic carbocycles. The molecule has 0 spiro atoms. The molecule has 0 atom stereocenters. The Morgan fingerprint density at radius 3 is 2.17 bits per heavy atom. The fourth-order valence-electron chi connectivity index (χ4n) is 2.02. The van der Waals surface area contributed by atoms with Gasteiger partial charge in [0.2, 0.25) is 13.6 Å². The molecule has 0 amide bonds. The van der Waals surface area contributed by atoms with E-state index in [1.165, 1.54) is 16.3 Å². The van der Waals surface area contributed by atoms with Crippen LogP contribution in [0, 0.1) is 0 Å². The first-order chi connectivity index (χ1) is 16.5. The second kappa shape index (κ2) is 16.3. The number of hydrogen-bond acceptors (Lipinski definition) is 13. The zero-order valence-corrected chi connectivity index (χ0v) is 21.8. The highest BCUT2D eigenvalue weighted by Crippen LogP contribution is 2.48. The molecule has 0 aliphatic heterocycles. The van der Waals surface area contributed by atoms with E-state index in [1.807, 2.05) is 0 Å². The summed E-state index contributed by atoms with van der Waals surface area (Å²) in [7, 11) is -4.06. The third-order valence-electron chi connectivity index (χ3n) is 3.44. The van der Waals surface area contributed by atoms with E-state index in [4.69, 9.17) is 23.3 Å². The standard InChI is InChI=1S/C20H31N2O11PS/c1-6-11-35-17-7-8-22(18(23)21-17)9-10-27-14-34(26,30-12-28-19(24)32-15(2)3)31-13-29-20(25)33-16(4)5/h6-8,15-16H,1,9-14H2,2-5H3. The van der Waals surface area contributed by atoms with Crippen molar-refractivity contribution in [2.75, 3.05) is 32.3 Å². The lowest BCUT2D eigenvalue weighted by molar-refractivity contribution is -0.0344. The molecule has 0 unspecified atom stereocenters. The summed E-state index contributed by atoms with van der Waals surface area (Å²) in [6.07, 6.45) is -0.266. The summed E-state index contributed by atoms with van der Waals surface area (Å²) in [4.78, 5) is 38.9. The average Bonchev–Trinajstić information content (AvgIpc) is 2.75. The van der Waals surface area contributed by atoms with Crippen LogP contribution in [-0.4, -0.2) is 66.4 Å². The van der Waals surface area contributed by atoms with Gasteiger partial charge in [0, 0.05) is 11.9 Å². The van der Waals surface area contributed by atoms with Crippen LogP contribution in [0.3, 0.4) is 0 Å². The van der Waals surface area contributed by atoms with Gasteiger partial charge in [-0.25, -0.2) is 14.4 Å². The van der Waals surface area contributed by atoms with E-state index in [2.05, 4.69) is 21.0 Å². The summed E-state index contributed by atoms with van der Waals surface area (Å²) in [5.74, 6) is 0.618. The highest BCUT2D eigenvalue weighted by molar-refractivity contribution is 7.99. The van der Waals surface area contributed by atoms with Gasteiger partial charge in [-0.05, 0) is 33.8 Å². The van der Waals surface area contributed by atoms with E-state index < -0.39 is 57.7 Å². The van der Waals surface area contributed by atoms with Crippen molar-refractivity contribution in [3.05, 3.63) is 35.4 Å². The van der Waals surface area contributed by atoms with Crippen LogP contribution in [0.2, 0.25) is 0 Å². The van der Waals surface area contributed by atoms with E-state index >= 15 is 0 Å². The maximum Gasteiger partial charge on any atom is 0.510 e. The highest BCUT2D eigenvalue weighted by atomic mass is 32.2. The van der Waals surface area contributed by atoms with Crippen LogP contribution >= 0.6 is 19.4 Å². The monoisotopic (exact) mass is 538 g/mol. The van der Waals surface area contributed by atoms with E-state index in [0.29, 0.717) is 10.8 Å². The summed E-state index contributed by atoms with van der Waals surface area (Å²) < 4.78 is 48.5. The Labute approximate surface area is 207 Å². The Morgan fingerprint density at radius 1 is 1.11 bits per heavy atom. The topological polar surface area (TPSA) is 151 Å². The lowest BCUT2D eigenvalue weighted by atomic mass is 10.5. The molecule has 35 heavy (non-hydrogen) atoms. The van der Waals surface area contributed by atoms with Crippen molar-refractivity contribution in [1.29, 1.82) is 0 Å². The smallest absolute Gasteiger partial charge is 0.432 e. The summed E-state index contributed by atoms with van der Waals surface area (Å²) >= 11 is 1.37. The van der Waals surface area contributed by atoms with Crippen molar-refractivity contribution >= 4 is 31.7 Å². The van der Waals surface area contributed by atoms with E-state index in [-0.39, 0.29) is 13.2 Å². The fraction of sp³-hybridized carbons (Fsp3) is 0.600. The zero-order valence-electron chi connectivity index (χ0n) is 20.1. The van der Waals surface area contributed by atoms with Crippen LogP contribution < -0.4 is 5.69 Å². The zero-order chi connectivity index (χ0) is 26.3. The molecule has 0 N–H and O–H groups in total. The summed E-state index contributed by atoms with van der Waals surface area (Å²) in [5, 5.41) is 0.561. The van der Waals surface area contributed by atoms with Gasteiger partial charge in [-0.1, -0.05) is 6.08 Å². The van der Waals surface area contributed by atoms with Crippen molar-refractivity contribution in [1.82, 2.24) is 9.55 Å². The Morgan fingerprint density at radius 2 is 1.69 bits per heavy atom. The second-order valence-corrected chi connectivity index (χ2v) is 10.1. The number of thioether (sulfide) groups is 1. The van der Waals surface area contributed by atoms with E-state index in [1.54, 1.807) is 46.0 Å². The summed E-state index contributed by atoms with van der Waals surface area (Å²) in [6, 6.07) is 1.67. The molecule has 0 radical (unpaired) electrons. The average molecular weight is 539 g/mol. The molecule has 1 rings (SSSR count). The van der Waals surface area contributed by atoms with Crippen LogP contribution in [-0.2, 0) is 43.8 Å². The maximum atomic E-state index is 12.9. The van der Waals surface area contributed by atoms with Crippen LogP contribution in [0.15, 0.2) is 34.7 Å². The minimum Gasteiger partial charge on any atom is -0.432 e. The van der Waals surface area contributed by atoms with Gasteiger partial charge in [0.05, 0.1) is 25.4 Å². The van der Waals surface area contributed by atoms with Gasteiger partial charge >= 0.3 is 25.6 Å². The van der Waals surface area contributed by atoms with Crippen LogP contribution in [0.4, 0.5) is 9.59 Å². The van der Waals surface area contributed by atoms with Crippen molar-refractivity contribution in [2.24, 2.45) is 0 Å². The van der Waals surface area contributed by atoms with Crippen molar-refractivity contribution in [3.63, 3.8) is 0 Å². The Hall–Kier alpha value is -2.38. The summed E-state index contributed by atoms with van der Waals surface area (Å²) in [5.41, 5.74) is -0.479. The number of ether oxygens (including phenoxy) is 5. The molecule has 15 heteroatoms. The quantitative estimate of drug-likeness (QED) is 0.0572. The van der Waals surface area contributed by atoms with Crippen LogP contribution in [0.5, 0.6) is 0 Å². The first-order valence-corrected chi connectivity index (χ1v) is 13.2. The maximum absolute atomic E-state index is 12.9. The molecule has 0 bridgehead atoms. The van der Waals surface area contributed by atoms with Crippen LogP contribution in [0.25, 0.3) is 0 Å². The van der Waals surface area contributed by atoms with Gasteiger partial charge in [0.15, 0.2) is 0 Å². The minimum absolute atomic E-state index is 0.0516. The fourth-order valence-corrected chi connectivity index (χ4v) is 3.61. The lowest BCUT2D eigenvalue weighted by Crippen LogP contribution is -2.24. The Bertz CT molecular complexity index is 891. The molecule has 0 saturated heterocycles. The first-order valence-electron chi connectivity index (χ1n) is 10.5. The summed E-state index contributed by atoms with van der Waals surface area (Å²) in [6.45, 7) is 8.59. The van der Waals surface area contributed by atoms with Gasteiger partial charge in [0.1, 0.15) is 11.4 Å². The minimum atomic E-state index is -4.06. The number of carbonyl (C=O) groups excluding carboxylic acids is 2. The molecule has 0 saturated carbocycles. The van der Waals surface area contributed by atoms with Gasteiger partial charge in [0.25, 0.3) is 0 Å². The Balaban J connectivity index is 2.61. The number of hydrogen-bond donors (Lipinski definition) is 0. The molecule has 198 valence electrons. The molecular weight excluding hydrogens is 507 g/mol. The van der Waals surface area contributed by atoms with Crippen molar-refractivity contribution < 1.29 is 46.9 Å². The lowest BCUT2D eigenvalue weighted by Gasteiger charge is -2.19. The molecule has 0 aliphatic carbocycles. The van der Waals surface area contributed by atoms with Crippen molar-refractivity contribution in [2.45, 2.75) is 51.5 Å². The van der Waals surface area contributed by atoms with Gasteiger partial charge in [-0.3, -0.25) is 18.2 Å². The third kappa shape index (κ3) is 13.9. The molecular formula is C20H31N2O11PS. The first kappa shape index (κ1) is 30.7. The predicted molar refractivity (Wildman–Crippen MR) is 125 cm³/mol. The number of nitrogens with zero attached hydrogens (tertiary/aromatic N) is 2. The molecule has 1 heterocycles. The molecule has 13 nitrogen and oxygen atoms in total. The normalized spacial score (nSPS) is 11.4. The Kier molecular flexibility index (Phi) is 14.3. The van der Waals surface area contributed by atoms with E-state index in [0.717, 1.165) is 0 Å². The largest absolute Gasteiger partial charge is 0.510 e. The molecule has 1 aromatic rings. The number of aromatic nitrogens is 2. The van der Waals surface area contributed by atoms with Crippen molar-refractivity contribution in [3.8, 4) is 0 Å². The number of carbonyl (C=O) groups is 2. The molecule has 0 aliphatic rings. The second-order valence-electron chi connectivity index (χ2n) is 7.11. The highest BCUT2D eigenvalue weighted by Gasteiger charge is 2.27. The number of rotatable bonds is 16. The van der Waals surface area contributed by atoms with Gasteiger partial charge in [-0.15, -0.1) is 18.3 Å². The molecule has 0 fully saturated rings. The predicted octanol–water partition coefficient (Wildman–Crippen LogP) is 3.76. The van der Waals surface area contributed by atoms with Gasteiger partial charge < -0.3 is 23.7 Å².